The van der Waals surface area contributed by atoms with Gasteiger partial charge in [0, 0.05) is 11.1 Å². The molecule has 0 bridgehead atoms. The van der Waals surface area contributed by atoms with Crippen molar-refractivity contribution in [3.63, 3.8) is 0 Å². The van der Waals surface area contributed by atoms with Gasteiger partial charge in [-0.05, 0) is 45.9 Å². The van der Waals surface area contributed by atoms with Crippen LogP contribution in [0.2, 0.25) is 0 Å². The van der Waals surface area contributed by atoms with Crippen LogP contribution < -0.4 is 10.1 Å². The van der Waals surface area contributed by atoms with E-state index in [9.17, 15) is 0 Å². The lowest BCUT2D eigenvalue weighted by atomic mass is 9.98. The second-order valence-electron chi connectivity index (χ2n) is 5.52. The van der Waals surface area contributed by atoms with Crippen molar-refractivity contribution < 1.29 is 9.15 Å². The minimum atomic E-state index is 0.0960. The molecule has 2 rings (SSSR count). The van der Waals surface area contributed by atoms with E-state index in [0.717, 1.165) is 30.0 Å². The standard InChI is InChI=1S/C18H25NO2/c1-5-11-19-18(15-10-12-20-14(15)4)16-8-6-7-9-17(16)21-13(2)3/h6-10,12-13,18-19H,5,11H2,1-4H3. The molecule has 1 aromatic heterocycles. The summed E-state index contributed by atoms with van der Waals surface area (Å²) in [6.45, 7) is 9.22. The third-order valence-corrected chi connectivity index (χ3v) is 3.40. The lowest BCUT2D eigenvalue weighted by Gasteiger charge is -2.22. The molecule has 114 valence electrons. The van der Waals surface area contributed by atoms with Crippen LogP contribution in [0.25, 0.3) is 0 Å². The number of nitrogens with one attached hydrogen (secondary N) is 1. The van der Waals surface area contributed by atoms with Gasteiger partial charge in [0.05, 0.1) is 18.4 Å². The highest BCUT2D eigenvalue weighted by atomic mass is 16.5. The fourth-order valence-electron chi connectivity index (χ4n) is 2.45. The van der Waals surface area contributed by atoms with Gasteiger partial charge in [0.1, 0.15) is 11.5 Å². The number of aryl methyl sites for hydroxylation is 1. The van der Waals surface area contributed by atoms with Crippen LogP contribution in [-0.4, -0.2) is 12.6 Å². The molecular formula is C18H25NO2. The normalized spacial score (nSPS) is 12.6. The maximum Gasteiger partial charge on any atom is 0.124 e. The molecule has 0 aliphatic rings. The number of ether oxygens (including phenoxy) is 1. The van der Waals surface area contributed by atoms with Crippen molar-refractivity contribution in [1.82, 2.24) is 5.32 Å². The average Bonchev–Trinajstić information content (AvgIpc) is 2.87. The number of hydrogen-bond donors (Lipinski definition) is 1. The quantitative estimate of drug-likeness (QED) is 0.816. The summed E-state index contributed by atoms with van der Waals surface area (Å²) in [5.41, 5.74) is 2.33. The second-order valence-corrected chi connectivity index (χ2v) is 5.52. The molecule has 0 aliphatic carbocycles. The molecule has 0 aliphatic heterocycles. The Bertz CT molecular complexity index is 560. The summed E-state index contributed by atoms with van der Waals surface area (Å²) in [7, 11) is 0. The van der Waals surface area contributed by atoms with Gasteiger partial charge in [-0.3, -0.25) is 0 Å². The fraction of sp³-hybridized carbons (Fsp3) is 0.444. The van der Waals surface area contributed by atoms with Gasteiger partial charge in [-0.15, -0.1) is 0 Å². The summed E-state index contributed by atoms with van der Waals surface area (Å²) >= 11 is 0. The van der Waals surface area contributed by atoms with Gasteiger partial charge in [0.2, 0.25) is 0 Å². The summed E-state index contributed by atoms with van der Waals surface area (Å²) in [5.74, 6) is 1.88. The fourth-order valence-corrected chi connectivity index (χ4v) is 2.45. The summed E-state index contributed by atoms with van der Waals surface area (Å²) < 4.78 is 11.5. The van der Waals surface area contributed by atoms with Gasteiger partial charge in [-0.25, -0.2) is 0 Å². The number of benzene rings is 1. The molecule has 0 spiro atoms. The maximum absolute atomic E-state index is 5.97. The van der Waals surface area contributed by atoms with Crippen LogP contribution in [-0.2, 0) is 0 Å². The predicted molar refractivity (Wildman–Crippen MR) is 85.8 cm³/mol. The van der Waals surface area contributed by atoms with Crippen LogP contribution in [0.4, 0.5) is 0 Å². The monoisotopic (exact) mass is 287 g/mol. The highest BCUT2D eigenvalue weighted by molar-refractivity contribution is 5.42. The Morgan fingerprint density at radius 3 is 2.52 bits per heavy atom. The Hall–Kier alpha value is -1.74. The van der Waals surface area contributed by atoms with Gasteiger partial charge >= 0.3 is 0 Å². The molecule has 1 atom stereocenters. The minimum absolute atomic E-state index is 0.0960. The second kappa shape index (κ2) is 7.32. The van der Waals surface area contributed by atoms with Crippen LogP contribution in [0.5, 0.6) is 5.75 Å². The molecule has 3 heteroatoms. The van der Waals surface area contributed by atoms with Crippen molar-refractivity contribution in [2.75, 3.05) is 6.54 Å². The highest BCUT2D eigenvalue weighted by Gasteiger charge is 2.21. The van der Waals surface area contributed by atoms with Gasteiger partial charge < -0.3 is 14.5 Å². The van der Waals surface area contributed by atoms with Crippen LogP contribution in [0.3, 0.4) is 0 Å². The summed E-state index contributed by atoms with van der Waals surface area (Å²) in [6.07, 6.45) is 2.99. The SMILES string of the molecule is CCCNC(c1ccccc1OC(C)C)c1ccoc1C. The van der Waals surface area contributed by atoms with E-state index in [1.807, 2.05) is 39.0 Å². The lowest BCUT2D eigenvalue weighted by Crippen LogP contribution is -2.24. The first-order chi connectivity index (χ1) is 10.1. The van der Waals surface area contributed by atoms with Gasteiger partial charge in [0.15, 0.2) is 0 Å². The van der Waals surface area contributed by atoms with Crippen molar-refractivity contribution in [2.24, 2.45) is 0 Å². The number of furan rings is 1. The molecule has 0 amide bonds. The van der Waals surface area contributed by atoms with E-state index >= 15 is 0 Å². The number of rotatable bonds is 7. The van der Waals surface area contributed by atoms with Crippen molar-refractivity contribution in [1.29, 1.82) is 0 Å². The van der Waals surface area contributed by atoms with E-state index in [1.165, 1.54) is 5.56 Å². The predicted octanol–water partition coefficient (Wildman–Crippen LogP) is 4.46. The van der Waals surface area contributed by atoms with E-state index < -0.39 is 0 Å². The molecule has 1 N–H and O–H groups in total. The van der Waals surface area contributed by atoms with Gasteiger partial charge in [-0.1, -0.05) is 25.1 Å². The Kier molecular flexibility index (Phi) is 5.45. The molecule has 0 saturated carbocycles. The summed E-state index contributed by atoms with van der Waals surface area (Å²) in [5, 5.41) is 3.60. The van der Waals surface area contributed by atoms with Crippen LogP contribution in [0.15, 0.2) is 41.0 Å². The largest absolute Gasteiger partial charge is 0.491 e. The van der Waals surface area contributed by atoms with Crippen molar-refractivity contribution in [2.45, 2.75) is 46.3 Å². The number of hydrogen-bond acceptors (Lipinski definition) is 3. The van der Waals surface area contributed by atoms with Gasteiger partial charge in [-0.2, -0.15) is 0 Å². The van der Waals surface area contributed by atoms with E-state index in [-0.39, 0.29) is 12.1 Å². The molecule has 1 aromatic carbocycles. The Morgan fingerprint density at radius 1 is 1.14 bits per heavy atom. The zero-order chi connectivity index (χ0) is 15.2. The highest BCUT2D eigenvalue weighted by Crippen LogP contribution is 2.32. The molecule has 1 heterocycles. The summed E-state index contributed by atoms with van der Waals surface area (Å²) in [4.78, 5) is 0. The van der Waals surface area contributed by atoms with E-state index in [1.54, 1.807) is 6.26 Å². The van der Waals surface area contributed by atoms with Crippen LogP contribution >= 0.6 is 0 Å². The summed E-state index contributed by atoms with van der Waals surface area (Å²) in [6, 6.07) is 10.4. The number of para-hydroxylation sites is 1. The molecule has 2 aromatic rings. The van der Waals surface area contributed by atoms with E-state index in [0.29, 0.717) is 0 Å². The Labute approximate surface area is 127 Å². The first kappa shape index (κ1) is 15.6. The third-order valence-electron chi connectivity index (χ3n) is 3.40. The van der Waals surface area contributed by atoms with Crippen LogP contribution in [0.1, 0.15) is 50.1 Å². The topological polar surface area (TPSA) is 34.4 Å². The van der Waals surface area contributed by atoms with E-state index in [2.05, 4.69) is 24.4 Å². The van der Waals surface area contributed by atoms with Crippen molar-refractivity contribution in [3.8, 4) is 5.75 Å². The van der Waals surface area contributed by atoms with Gasteiger partial charge in [0.25, 0.3) is 0 Å². The molecule has 0 fully saturated rings. The minimum Gasteiger partial charge on any atom is -0.491 e. The van der Waals surface area contributed by atoms with Crippen molar-refractivity contribution >= 4 is 0 Å². The first-order valence-corrected chi connectivity index (χ1v) is 7.66. The van der Waals surface area contributed by atoms with Crippen LogP contribution in [0, 0.1) is 6.92 Å². The van der Waals surface area contributed by atoms with E-state index in [4.69, 9.17) is 9.15 Å². The molecular weight excluding hydrogens is 262 g/mol. The maximum atomic E-state index is 5.97. The molecule has 21 heavy (non-hydrogen) atoms. The zero-order valence-electron chi connectivity index (χ0n) is 13.3. The first-order valence-electron chi connectivity index (χ1n) is 7.66. The zero-order valence-corrected chi connectivity index (χ0v) is 13.3. The molecule has 0 radical (unpaired) electrons. The molecule has 1 unspecified atom stereocenters. The average molecular weight is 287 g/mol. The molecule has 0 saturated heterocycles. The Balaban J connectivity index is 2.39. The Morgan fingerprint density at radius 2 is 1.90 bits per heavy atom. The van der Waals surface area contributed by atoms with Crippen molar-refractivity contribution in [3.05, 3.63) is 53.5 Å². The molecule has 3 nitrogen and oxygen atoms in total. The third kappa shape index (κ3) is 3.88. The smallest absolute Gasteiger partial charge is 0.124 e. The lowest BCUT2D eigenvalue weighted by molar-refractivity contribution is 0.238.